The molecule has 0 N–H and O–H groups in total. The van der Waals surface area contributed by atoms with Gasteiger partial charge in [-0.3, -0.25) is 0 Å². The Hall–Kier alpha value is -0.280. The molecule has 2 aliphatic heterocycles. The van der Waals surface area contributed by atoms with Crippen LogP contribution < -0.4 is 4.52 Å². The Balaban J connectivity index is 1.65. The fourth-order valence-corrected chi connectivity index (χ4v) is 5.11. The Bertz CT molecular complexity index is 567. The fraction of sp³-hybridized carbons (Fsp3) is 0.684. The van der Waals surface area contributed by atoms with Gasteiger partial charge in [0.2, 0.25) is 0 Å². The van der Waals surface area contributed by atoms with E-state index in [1.54, 1.807) is 0 Å². The van der Waals surface area contributed by atoms with Crippen molar-refractivity contribution in [2.24, 2.45) is 5.41 Å². The van der Waals surface area contributed by atoms with Crippen LogP contribution in [0.1, 0.15) is 57.1 Å². The van der Waals surface area contributed by atoms with Crippen molar-refractivity contribution in [3.05, 3.63) is 29.3 Å². The highest BCUT2D eigenvalue weighted by Crippen LogP contribution is 2.50. The van der Waals surface area contributed by atoms with Crippen molar-refractivity contribution in [2.45, 2.75) is 52.4 Å². The third kappa shape index (κ3) is 5.16. The first-order chi connectivity index (χ1) is 12.7. The van der Waals surface area contributed by atoms with Crippen LogP contribution in [0.25, 0.3) is 0 Å². The molecule has 1 atom stereocenters. The second kappa shape index (κ2) is 9.78. The fourth-order valence-electron chi connectivity index (χ4n) is 3.03. The summed E-state index contributed by atoms with van der Waals surface area (Å²) >= 11 is 0. The van der Waals surface area contributed by atoms with Gasteiger partial charge in [-0.15, -0.1) is 0 Å². The van der Waals surface area contributed by atoms with E-state index in [0.29, 0.717) is 32.3 Å². The summed E-state index contributed by atoms with van der Waals surface area (Å²) in [5.41, 5.74) is 2.45. The van der Waals surface area contributed by atoms with Gasteiger partial charge >= 0.3 is 8.60 Å². The molecule has 5 nitrogen and oxygen atoms in total. The molecule has 0 saturated carbocycles. The lowest BCUT2D eigenvalue weighted by molar-refractivity contribution is -0.0567. The van der Waals surface area contributed by atoms with Crippen LogP contribution in [0.4, 0.5) is 0 Å². The van der Waals surface area contributed by atoms with Gasteiger partial charge < -0.3 is 22.6 Å². The van der Waals surface area contributed by atoms with E-state index in [9.17, 15) is 0 Å². The second-order valence-corrected chi connectivity index (χ2v) is 9.20. The lowest BCUT2D eigenvalue weighted by Gasteiger charge is -2.39. The maximum Gasteiger partial charge on any atom is 0.397 e. The van der Waals surface area contributed by atoms with Crippen LogP contribution in [0.3, 0.4) is 0 Å². The Morgan fingerprint density at radius 2 is 1.88 bits per heavy atom. The number of unbranched alkanes of at least 4 members (excludes halogenated alkanes) is 1. The van der Waals surface area contributed by atoms with Gasteiger partial charge in [0, 0.05) is 0 Å². The van der Waals surface area contributed by atoms with Gasteiger partial charge in [-0.25, -0.2) is 0 Å². The Morgan fingerprint density at radius 3 is 2.54 bits per heavy atom. The van der Waals surface area contributed by atoms with Crippen molar-refractivity contribution in [3.8, 4) is 5.75 Å². The highest BCUT2D eigenvalue weighted by molar-refractivity contribution is 7.42. The summed E-state index contributed by atoms with van der Waals surface area (Å²) in [6, 6.07) is 6.55. The van der Waals surface area contributed by atoms with E-state index < -0.39 is 8.60 Å². The number of rotatable bonds is 7. The summed E-state index contributed by atoms with van der Waals surface area (Å²) < 4.78 is 28.8. The predicted molar refractivity (Wildman–Crippen MR) is 106 cm³/mol. The van der Waals surface area contributed by atoms with E-state index in [-0.39, 0.29) is 14.4 Å². The summed E-state index contributed by atoms with van der Waals surface area (Å²) in [5, 5.41) is 0. The van der Waals surface area contributed by atoms with E-state index in [0.717, 1.165) is 18.6 Å². The first-order valence-electron chi connectivity index (χ1n) is 9.51. The van der Waals surface area contributed by atoms with E-state index in [4.69, 9.17) is 22.6 Å². The van der Waals surface area contributed by atoms with Crippen LogP contribution in [0, 0.1) is 5.41 Å². The Kier molecular flexibility index (Phi) is 7.69. The molecule has 2 saturated heterocycles. The van der Waals surface area contributed by atoms with Crippen molar-refractivity contribution in [3.63, 3.8) is 0 Å². The van der Waals surface area contributed by atoms with Gasteiger partial charge in [-0.05, 0) is 42.4 Å². The molecule has 3 rings (SSSR count). The first-order valence-corrected chi connectivity index (χ1v) is 11.4. The SMILES string of the molecule is CCCCc1ccc(OP2OCC3(COPOC3)CO2)c(C(C)CC)c1. The minimum atomic E-state index is -1.37. The minimum Gasteiger partial charge on any atom is -0.426 e. The molecule has 1 aromatic rings. The van der Waals surface area contributed by atoms with Gasteiger partial charge in [0.05, 0.1) is 31.8 Å². The smallest absolute Gasteiger partial charge is 0.397 e. The summed E-state index contributed by atoms with van der Waals surface area (Å²) in [4.78, 5) is 0. The van der Waals surface area contributed by atoms with E-state index in [1.807, 2.05) is 0 Å². The van der Waals surface area contributed by atoms with E-state index in [2.05, 4.69) is 39.0 Å². The summed E-state index contributed by atoms with van der Waals surface area (Å²) in [6.45, 7) is 9.03. The second-order valence-electron chi connectivity index (χ2n) is 7.31. The summed E-state index contributed by atoms with van der Waals surface area (Å²) in [5.74, 6) is 1.33. The molecular weight excluding hydrogens is 370 g/mol. The molecule has 26 heavy (non-hydrogen) atoms. The maximum absolute atomic E-state index is 6.14. The summed E-state index contributed by atoms with van der Waals surface area (Å²) in [7, 11) is -1.25. The number of hydrogen-bond acceptors (Lipinski definition) is 5. The van der Waals surface area contributed by atoms with Crippen LogP contribution in [0.2, 0.25) is 0 Å². The van der Waals surface area contributed by atoms with E-state index in [1.165, 1.54) is 24.0 Å². The van der Waals surface area contributed by atoms with Gasteiger partial charge in [0.15, 0.2) is 9.03 Å². The zero-order chi connectivity index (χ0) is 18.4. The van der Waals surface area contributed by atoms with Gasteiger partial charge in [-0.1, -0.05) is 39.3 Å². The van der Waals surface area contributed by atoms with Crippen molar-refractivity contribution in [2.75, 3.05) is 26.4 Å². The summed E-state index contributed by atoms with van der Waals surface area (Å²) in [6.07, 6.45) is 4.61. The maximum atomic E-state index is 6.14. The topological polar surface area (TPSA) is 46.2 Å². The molecule has 2 heterocycles. The molecule has 0 aliphatic carbocycles. The molecule has 0 bridgehead atoms. The van der Waals surface area contributed by atoms with Crippen molar-refractivity contribution in [1.29, 1.82) is 0 Å². The normalized spacial score (nSPS) is 28.3. The Morgan fingerprint density at radius 1 is 1.15 bits per heavy atom. The van der Waals surface area contributed by atoms with Crippen molar-refractivity contribution < 1.29 is 22.6 Å². The quantitative estimate of drug-likeness (QED) is 0.547. The lowest BCUT2D eigenvalue weighted by atomic mass is 9.93. The van der Waals surface area contributed by atoms with Crippen LogP contribution in [0.15, 0.2) is 18.2 Å². The first kappa shape index (κ1) is 20.5. The molecule has 2 aliphatic rings. The average Bonchev–Trinajstić information content (AvgIpc) is 2.69. The molecule has 0 aromatic heterocycles. The molecular formula is C19H30O5P2. The van der Waals surface area contributed by atoms with Crippen LogP contribution in [-0.2, 0) is 24.5 Å². The Labute approximate surface area is 160 Å². The minimum absolute atomic E-state index is 0.128. The predicted octanol–water partition coefficient (Wildman–Crippen LogP) is 5.74. The van der Waals surface area contributed by atoms with Gasteiger partial charge in [-0.2, -0.15) is 0 Å². The van der Waals surface area contributed by atoms with Crippen LogP contribution in [-0.4, -0.2) is 26.4 Å². The third-order valence-electron chi connectivity index (χ3n) is 5.04. The van der Waals surface area contributed by atoms with E-state index >= 15 is 0 Å². The van der Waals surface area contributed by atoms with Crippen LogP contribution >= 0.6 is 17.6 Å². The zero-order valence-electron chi connectivity index (χ0n) is 16.0. The standard InChI is InChI=1S/C19H30O5P2/c1-4-6-7-16-8-9-18(17(10-16)15(3)5-2)24-26-22-13-19(14-23-26)11-20-25-21-12-19/h8-10,15,25H,4-7,11-14H2,1-3H3. The molecule has 1 spiro atoms. The lowest BCUT2D eigenvalue weighted by Crippen LogP contribution is -2.44. The number of benzene rings is 1. The van der Waals surface area contributed by atoms with Crippen molar-refractivity contribution in [1.82, 2.24) is 0 Å². The monoisotopic (exact) mass is 400 g/mol. The molecule has 2 fully saturated rings. The molecule has 7 heteroatoms. The third-order valence-corrected chi connectivity index (χ3v) is 6.59. The average molecular weight is 400 g/mol. The van der Waals surface area contributed by atoms with Crippen LogP contribution in [0.5, 0.6) is 5.75 Å². The molecule has 0 amide bonds. The molecule has 1 aromatic carbocycles. The molecule has 146 valence electrons. The largest absolute Gasteiger partial charge is 0.426 e. The molecule has 0 radical (unpaired) electrons. The van der Waals surface area contributed by atoms with Gasteiger partial charge in [0.1, 0.15) is 5.75 Å². The van der Waals surface area contributed by atoms with Gasteiger partial charge in [0.25, 0.3) is 0 Å². The van der Waals surface area contributed by atoms with Crippen molar-refractivity contribution >= 4 is 17.6 Å². The highest BCUT2D eigenvalue weighted by Gasteiger charge is 2.41. The number of hydrogen-bond donors (Lipinski definition) is 0. The zero-order valence-corrected chi connectivity index (χ0v) is 17.8. The number of aryl methyl sites for hydroxylation is 1. The highest BCUT2D eigenvalue weighted by atomic mass is 31.2. The molecule has 1 unspecified atom stereocenters.